The second kappa shape index (κ2) is 13.6. The molecule has 4 aromatic rings. The summed E-state index contributed by atoms with van der Waals surface area (Å²) < 4.78 is 3.06. The molecule has 1 fully saturated rings. The summed E-state index contributed by atoms with van der Waals surface area (Å²) in [6, 6.07) is 16.1. The van der Waals surface area contributed by atoms with E-state index in [0.29, 0.717) is 73.6 Å². The summed E-state index contributed by atoms with van der Waals surface area (Å²) in [5, 5.41) is 13.5. The third-order valence-electron chi connectivity index (χ3n) is 8.95. The van der Waals surface area contributed by atoms with E-state index in [2.05, 4.69) is 15.5 Å². The fraction of sp³-hybridized carbons (Fsp3) is 0.441. The third kappa shape index (κ3) is 6.70. The Hall–Kier alpha value is -4.87. The van der Waals surface area contributed by atoms with Gasteiger partial charge in [-0.2, -0.15) is 10.2 Å². The zero-order chi connectivity index (χ0) is 32.2. The lowest BCUT2D eigenvalue weighted by Gasteiger charge is -2.36. The average Bonchev–Trinajstić information content (AvgIpc) is 3.44. The number of benzene rings is 2. The molecule has 240 valence electrons. The Kier molecular flexibility index (Phi) is 9.23. The second-order valence-corrected chi connectivity index (χ2v) is 12.2. The van der Waals surface area contributed by atoms with Gasteiger partial charge in [0.05, 0.1) is 30.1 Å². The predicted molar refractivity (Wildman–Crippen MR) is 172 cm³/mol. The van der Waals surface area contributed by atoms with Crippen LogP contribution in [0.1, 0.15) is 61.1 Å². The number of nitrogens with zero attached hydrogens (tertiary/aromatic N) is 7. The molecule has 46 heavy (non-hydrogen) atoms. The van der Waals surface area contributed by atoms with Gasteiger partial charge in [-0.3, -0.25) is 19.2 Å². The first-order valence-electron chi connectivity index (χ1n) is 16.1. The number of nitrogens with one attached hydrogen (secondary N) is 1. The molecule has 2 aliphatic rings. The van der Waals surface area contributed by atoms with Gasteiger partial charge in [0.25, 0.3) is 5.56 Å². The van der Waals surface area contributed by atoms with Gasteiger partial charge in [0.1, 0.15) is 17.7 Å². The van der Waals surface area contributed by atoms with E-state index in [1.807, 2.05) is 49.4 Å². The Morgan fingerprint density at radius 3 is 2.46 bits per heavy atom. The van der Waals surface area contributed by atoms with Crippen LogP contribution in [0.5, 0.6) is 0 Å². The molecule has 6 rings (SSSR count). The molecule has 2 aliphatic heterocycles. The lowest BCUT2D eigenvalue weighted by Crippen LogP contribution is -2.53. The second-order valence-electron chi connectivity index (χ2n) is 12.2. The van der Waals surface area contributed by atoms with Crippen molar-refractivity contribution in [3.8, 4) is 0 Å². The van der Waals surface area contributed by atoms with E-state index < -0.39 is 12.1 Å². The molecule has 3 amide bonds. The zero-order valence-corrected chi connectivity index (χ0v) is 26.4. The summed E-state index contributed by atoms with van der Waals surface area (Å²) in [6.45, 7) is 3.38. The Balaban J connectivity index is 1.33. The van der Waals surface area contributed by atoms with Crippen LogP contribution in [0.25, 0.3) is 10.8 Å². The Morgan fingerprint density at radius 1 is 0.891 bits per heavy atom. The fourth-order valence-electron chi connectivity index (χ4n) is 6.62. The van der Waals surface area contributed by atoms with Crippen LogP contribution in [0.2, 0.25) is 0 Å². The van der Waals surface area contributed by atoms with Gasteiger partial charge in [-0.05, 0) is 50.7 Å². The van der Waals surface area contributed by atoms with Crippen LogP contribution in [0.15, 0.2) is 59.4 Å². The largest absolute Gasteiger partial charge is 0.344 e. The zero-order valence-electron chi connectivity index (χ0n) is 26.4. The number of fused-ring (bicyclic) bond motifs is 3. The van der Waals surface area contributed by atoms with Gasteiger partial charge in [0, 0.05) is 38.5 Å². The van der Waals surface area contributed by atoms with Crippen molar-refractivity contribution >= 4 is 28.5 Å². The van der Waals surface area contributed by atoms with Crippen molar-refractivity contribution in [3.63, 3.8) is 0 Å². The monoisotopic (exact) mass is 624 g/mol. The summed E-state index contributed by atoms with van der Waals surface area (Å²) in [7, 11) is 1.59. The maximum absolute atomic E-state index is 13.9. The summed E-state index contributed by atoms with van der Waals surface area (Å²) in [6.07, 6.45) is 3.52. The van der Waals surface area contributed by atoms with E-state index in [9.17, 15) is 19.2 Å². The molecule has 2 aromatic heterocycles. The van der Waals surface area contributed by atoms with Crippen molar-refractivity contribution in [2.45, 2.75) is 70.5 Å². The third-order valence-corrected chi connectivity index (χ3v) is 8.95. The van der Waals surface area contributed by atoms with Crippen LogP contribution >= 0.6 is 0 Å². The van der Waals surface area contributed by atoms with Crippen molar-refractivity contribution < 1.29 is 14.4 Å². The van der Waals surface area contributed by atoms with Crippen molar-refractivity contribution in [3.05, 3.63) is 87.9 Å². The summed E-state index contributed by atoms with van der Waals surface area (Å²) in [5.41, 5.74) is 1.34. The molecule has 1 saturated heterocycles. The normalized spacial score (nSPS) is 19.7. The average molecular weight is 625 g/mol. The molecule has 4 heterocycles. The molecule has 0 radical (unpaired) electrons. The van der Waals surface area contributed by atoms with Crippen LogP contribution in [0, 0.1) is 6.92 Å². The number of aryl methyl sites for hydroxylation is 2. The van der Waals surface area contributed by atoms with E-state index in [-0.39, 0.29) is 36.1 Å². The number of piperidine rings is 1. The van der Waals surface area contributed by atoms with Crippen molar-refractivity contribution in [2.24, 2.45) is 7.05 Å². The first kappa shape index (κ1) is 31.1. The van der Waals surface area contributed by atoms with Crippen molar-refractivity contribution in [2.75, 3.05) is 19.6 Å². The fourth-order valence-corrected chi connectivity index (χ4v) is 6.62. The van der Waals surface area contributed by atoms with Crippen molar-refractivity contribution in [1.29, 1.82) is 0 Å². The molecular formula is C34H40N8O4. The number of carbonyl (C=O) groups is 3. The number of hydrogen-bond acceptors (Lipinski definition) is 7. The lowest BCUT2D eigenvalue weighted by atomic mass is 9.99. The van der Waals surface area contributed by atoms with Gasteiger partial charge in [-0.25, -0.2) is 14.3 Å². The highest BCUT2D eigenvalue weighted by atomic mass is 16.2. The van der Waals surface area contributed by atoms with Crippen molar-refractivity contribution in [1.82, 2.24) is 39.7 Å². The molecule has 0 saturated carbocycles. The van der Waals surface area contributed by atoms with Gasteiger partial charge in [-0.15, -0.1) is 0 Å². The number of aromatic nitrogens is 5. The number of hydrogen-bond donors (Lipinski definition) is 1. The first-order chi connectivity index (χ1) is 22.3. The molecule has 2 aromatic carbocycles. The molecule has 0 unspecified atom stereocenters. The van der Waals surface area contributed by atoms with Crippen LogP contribution in [-0.4, -0.2) is 77.7 Å². The van der Waals surface area contributed by atoms with Gasteiger partial charge >= 0.3 is 0 Å². The quantitative estimate of drug-likeness (QED) is 0.369. The van der Waals surface area contributed by atoms with Gasteiger partial charge in [0.15, 0.2) is 0 Å². The SMILES string of the molecule is Cc1nc2n(n1)CCN(C(=O)Cc1nn(C)c(=O)c3ccccc13)CCCC(=O)N1CCCC[C@H]1C(=O)N[C@@H]2Cc1ccccc1. The summed E-state index contributed by atoms with van der Waals surface area (Å²) in [4.78, 5) is 62.1. The minimum Gasteiger partial charge on any atom is -0.344 e. The molecule has 1 N–H and O–H groups in total. The topological polar surface area (TPSA) is 135 Å². The minimum atomic E-state index is -0.554. The summed E-state index contributed by atoms with van der Waals surface area (Å²) in [5.74, 6) is 0.776. The highest BCUT2D eigenvalue weighted by molar-refractivity contribution is 5.89. The molecule has 0 bridgehead atoms. The van der Waals surface area contributed by atoms with Gasteiger partial charge in [0.2, 0.25) is 17.7 Å². The van der Waals surface area contributed by atoms with E-state index in [1.54, 1.807) is 33.7 Å². The summed E-state index contributed by atoms with van der Waals surface area (Å²) >= 11 is 0. The maximum atomic E-state index is 13.9. The molecular weight excluding hydrogens is 584 g/mol. The Morgan fingerprint density at radius 2 is 1.65 bits per heavy atom. The first-order valence-corrected chi connectivity index (χ1v) is 16.1. The molecule has 12 heteroatoms. The predicted octanol–water partition coefficient (Wildman–Crippen LogP) is 2.48. The number of amides is 3. The van der Waals surface area contributed by atoms with E-state index >= 15 is 0 Å². The number of rotatable bonds is 4. The highest BCUT2D eigenvalue weighted by Crippen LogP contribution is 2.23. The smallest absolute Gasteiger partial charge is 0.274 e. The van der Waals surface area contributed by atoms with Gasteiger partial charge < -0.3 is 15.1 Å². The highest BCUT2D eigenvalue weighted by Gasteiger charge is 2.34. The minimum absolute atomic E-state index is 0.00666. The molecule has 12 nitrogen and oxygen atoms in total. The Labute approximate surface area is 267 Å². The standard InChI is InChI=1S/C34H40N8O4/c1-23-35-32-28(21-24-11-4-3-5-12-24)36-33(45)29-15-8-9-18-41(29)30(43)16-10-17-40(19-20-42(32)37-23)31(44)22-27-25-13-6-7-14-26(25)34(46)39(2)38-27/h3-7,11-14,28-29H,8-10,15-22H2,1-2H3,(H,36,45)/t28-,29+/m1/s1. The van der Waals surface area contributed by atoms with Crippen LogP contribution < -0.4 is 10.9 Å². The van der Waals surface area contributed by atoms with E-state index in [0.717, 1.165) is 18.4 Å². The Bertz CT molecular complexity index is 1800. The van der Waals surface area contributed by atoms with Crippen LogP contribution in [0.3, 0.4) is 0 Å². The maximum Gasteiger partial charge on any atom is 0.274 e. The lowest BCUT2D eigenvalue weighted by molar-refractivity contribution is -0.143. The van der Waals surface area contributed by atoms with E-state index in [4.69, 9.17) is 4.98 Å². The van der Waals surface area contributed by atoms with Crippen LogP contribution in [0.4, 0.5) is 0 Å². The van der Waals surface area contributed by atoms with Gasteiger partial charge in [-0.1, -0.05) is 48.5 Å². The molecule has 0 aliphatic carbocycles. The van der Waals surface area contributed by atoms with Crippen LogP contribution in [-0.2, 0) is 40.8 Å². The number of carbonyl (C=O) groups excluding carboxylic acids is 3. The molecule has 2 atom stereocenters. The van der Waals surface area contributed by atoms with E-state index in [1.165, 1.54) is 4.68 Å². The molecule has 0 spiro atoms.